The minimum atomic E-state index is -1.13. The summed E-state index contributed by atoms with van der Waals surface area (Å²) < 4.78 is 5.14. The SMILES string of the molecule is CN(CC(=O)N[C@@H](Cc1ccccc1)C(=O)O)C(=O)OC(C)(C)C. The highest BCUT2D eigenvalue weighted by molar-refractivity contribution is 5.86. The third kappa shape index (κ3) is 7.13. The average Bonchev–Trinajstić information content (AvgIpc) is 2.45. The molecule has 0 unspecified atom stereocenters. The van der Waals surface area contributed by atoms with E-state index in [0.717, 1.165) is 10.5 Å². The second-order valence-corrected chi connectivity index (χ2v) is 6.48. The van der Waals surface area contributed by atoms with Crippen LogP contribution in [0.15, 0.2) is 30.3 Å². The lowest BCUT2D eigenvalue weighted by molar-refractivity contribution is -0.141. The molecular weight excluding hydrogens is 312 g/mol. The topological polar surface area (TPSA) is 95.9 Å². The number of carboxylic acid groups (broad SMARTS) is 1. The lowest BCUT2D eigenvalue weighted by atomic mass is 10.1. The van der Waals surface area contributed by atoms with Crippen molar-refractivity contribution < 1.29 is 24.2 Å². The maximum atomic E-state index is 12.0. The zero-order valence-corrected chi connectivity index (χ0v) is 14.4. The maximum Gasteiger partial charge on any atom is 0.410 e. The van der Waals surface area contributed by atoms with Gasteiger partial charge in [0.2, 0.25) is 5.91 Å². The van der Waals surface area contributed by atoms with E-state index in [1.807, 2.05) is 6.07 Å². The zero-order valence-electron chi connectivity index (χ0n) is 14.4. The molecule has 0 saturated carbocycles. The van der Waals surface area contributed by atoms with Crippen molar-refractivity contribution in [3.63, 3.8) is 0 Å². The van der Waals surface area contributed by atoms with Crippen molar-refractivity contribution in [2.75, 3.05) is 13.6 Å². The van der Waals surface area contributed by atoms with Crippen LogP contribution in [0.4, 0.5) is 4.79 Å². The number of benzene rings is 1. The molecule has 132 valence electrons. The zero-order chi connectivity index (χ0) is 18.3. The first kappa shape index (κ1) is 19.5. The minimum absolute atomic E-state index is 0.165. The second kappa shape index (κ2) is 8.33. The number of likely N-dealkylation sites (N-methyl/N-ethyl adjacent to an activating group) is 1. The van der Waals surface area contributed by atoms with Gasteiger partial charge in [-0.3, -0.25) is 4.79 Å². The Kier molecular flexibility index (Phi) is 6.76. The third-order valence-electron chi connectivity index (χ3n) is 3.00. The van der Waals surface area contributed by atoms with Crippen molar-refractivity contribution >= 4 is 18.0 Å². The highest BCUT2D eigenvalue weighted by Gasteiger charge is 2.24. The van der Waals surface area contributed by atoms with E-state index in [-0.39, 0.29) is 13.0 Å². The molecule has 2 N–H and O–H groups in total. The fourth-order valence-corrected chi connectivity index (χ4v) is 1.91. The minimum Gasteiger partial charge on any atom is -0.480 e. The molecule has 7 nitrogen and oxygen atoms in total. The van der Waals surface area contributed by atoms with Crippen LogP contribution in [-0.4, -0.2) is 53.2 Å². The third-order valence-corrected chi connectivity index (χ3v) is 3.00. The molecule has 0 heterocycles. The van der Waals surface area contributed by atoms with Gasteiger partial charge in [-0.1, -0.05) is 30.3 Å². The van der Waals surface area contributed by atoms with Gasteiger partial charge in [-0.15, -0.1) is 0 Å². The van der Waals surface area contributed by atoms with Crippen molar-refractivity contribution in [1.82, 2.24) is 10.2 Å². The molecule has 0 fully saturated rings. The van der Waals surface area contributed by atoms with Gasteiger partial charge < -0.3 is 20.1 Å². The summed E-state index contributed by atoms with van der Waals surface area (Å²) in [4.78, 5) is 36.2. The Morgan fingerprint density at radius 1 is 1.21 bits per heavy atom. The molecule has 1 rings (SSSR count). The summed E-state index contributed by atoms with van der Waals surface area (Å²) in [5.41, 5.74) is 0.129. The predicted octanol–water partition coefficient (Wildman–Crippen LogP) is 1.67. The van der Waals surface area contributed by atoms with Crippen molar-refractivity contribution in [2.24, 2.45) is 0 Å². The van der Waals surface area contributed by atoms with Crippen LogP contribution in [0.1, 0.15) is 26.3 Å². The van der Waals surface area contributed by atoms with Crippen molar-refractivity contribution in [3.8, 4) is 0 Å². The molecule has 1 aromatic rings. The Labute approximate surface area is 141 Å². The number of carbonyl (C=O) groups excluding carboxylic acids is 2. The number of ether oxygens (including phenoxy) is 1. The van der Waals surface area contributed by atoms with Crippen LogP contribution in [-0.2, 0) is 20.7 Å². The van der Waals surface area contributed by atoms with Gasteiger partial charge in [0.25, 0.3) is 0 Å². The van der Waals surface area contributed by atoms with Gasteiger partial charge in [-0.25, -0.2) is 9.59 Å². The first-order valence-electron chi connectivity index (χ1n) is 7.58. The number of hydrogen-bond acceptors (Lipinski definition) is 4. The number of rotatable bonds is 6. The number of nitrogens with one attached hydrogen (secondary N) is 1. The van der Waals surface area contributed by atoms with E-state index < -0.39 is 29.6 Å². The molecule has 0 aliphatic heterocycles. The normalized spacial score (nSPS) is 12.2. The van der Waals surface area contributed by atoms with Gasteiger partial charge in [0.15, 0.2) is 0 Å². The fraction of sp³-hybridized carbons (Fsp3) is 0.471. The van der Waals surface area contributed by atoms with E-state index in [1.165, 1.54) is 7.05 Å². The lowest BCUT2D eigenvalue weighted by Gasteiger charge is -2.24. The number of carbonyl (C=O) groups is 3. The number of nitrogens with zero attached hydrogens (tertiary/aromatic N) is 1. The monoisotopic (exact) mass is 336 g/mol. The molecule has 0 bridgehead atoms. The summed E-state index contributed by atoms with van der Waals surface area (Å²) in [6.07, 6.45) is -0.481. The molecule has 7 heteroatoms. The lowest BCUT2D eigenvalue weighted by Crippen LogP contribution is -2.47. The predicted molar refractivity (Wildman–Crippen MR) is 88.6 cm³/mol. The average molecular weight is 336 g/mol. The van der Waals surface area contributed by atoms with Crippen LogP contribution in [0, 0.1) is 0 Å². The number of carboxylic acids is 1. The highest BCUT2D eigenvalue weighted by atomic mass is 16.6. The maximum absolute atomic E-state index is 12.0. The summed E-state index contributed by atoms with van der Waals surface area (Å²) in [7, 11) is 1.42. The summed E-state index contributed by atoms with van der Waals surface area (Å²) >= 11 is 0. The summed E-state index contributed by atoms with van der Waals surface area (Å²) in [6, 6.07) is 7.93. The molecule has 0 spiro atoms. The molecule has 2 amide bonds. The second-order valence-electron chi connectivity index (χ2n) is 6.48. The molecule has 0 aromatic heterocycles. The first-order chi connectivity index (χ1) is 11.1. The largest absolute Gasteiger partial charge is 0.480 e. The number of aliphatic carboxylic acids is 1. The van der Waals surface area contributed by atoms with Crippen molar-refractivity contribution in [1.29, 1.82) is 0 Å². The Bertz CT molecular complexity index is 580. The number of hydrogen-bond donors (Lipinski definition) is 2. The highest BCUT2D eigenvalue weighted by Crippen LogP contribution is 2.09. The van der Waals surface area contributed by atoms with Crippen LogP contribution in [0.2, 0.25) is 0 Å². The molecule has 0 aliphatic carbocycles. The van der Waals surface area contributed by atoms with E-state index in [9.17, 15) is 19.5 Å². The van der Waals surface area contributed by atoms with Crippen molar-refractivity contribution in [3.05, 3.63) is 35.9 Å². The molecule has 0 saturated heterocycles. The van der Waals surface area contributed by atoms with Gasteiger partial charge in [0.1, 0.15) is 18.2 Å². The van der Waals surface area contributed by atoms with Crippen LogP contribution in [0.5, 0.6) is 0 Å². The Morgan fingerprint density at radius 3 is 2.29 bits per heavy atom. The molecule has 24 heavy (non-hydrogen) atoms. The van der Waals surface area contributed by atoms with Crippen molar-refractivity contribution in [2.45, 2.75) is 38.8 Å². The summed E-state index contributed by atoms with van der Waals surface area (Å²) in [5.74, 6) is -1.70. The van der Waals surface area contributed by atoms with Crippen LogP contribution in [0.25, 0.3) is 0 Å². The van der Waals surface area contributed by atoms with Gasteiger partial charge >= 0.3 is 12.1 Å². The molecule has 1 atom stereocenters. The Balaban J connectivity index is 2.59. The van der Waals surface area contributed by atoms with E-state index >= 15 is 0 Å². The summed E-state index contributed by atoms with van der Waals surface area (Å²) in [5, 5.41) is 11.7. The molecule has 1 aromatic carbocycles. The van der Waals surface area contributed by atoms with E-state index in [4.69, 9.17) is 4.74 Å². The quantitative estimate of drug-likeness (QED) is 0.824. The Hall–Kier alpha value is -2.57. The van der Waals surface area contributed by atoms with E-state index in [0.29, 0.717) is 0 Å². The fourth-order valence-electron chi connectivity index (χ4n) is 1.91. The first-order valence-corrected chi connectivity index (χ1v) is 7.58. The van der Waals surface area contributed by atoms with Gasteiger partial charge in [-0.2, -0.15) is 0 Å². The molecule has 0 aliphatic rings. The van der Waals surface area contributed by atoms with Crippen LogP contribution < -0.4 is 5.32 Å². The van der Waals surface area contributed by atoms with Crippen LogP contribution >= 0.6 is 0 Å². The van der Waals surface area contributed by atoms with Gasteiger partial charge in [0, 0.05) is 13.5 Å². The molecular formula is C17H24N2O5. The van der Waals surface area contributed by atoms with Gasteiger partial charge in [0.05, 0.1) is 0 Å². The van der Waals surface area contributed by atoms with Gasteiger partial charge in [-0.05, 0) is 26.3 Å². The number of amides is 2. The van der Waals surface area contributed by atoms with Crippen LogP contribution in [0.3, 0.4) is 0 Å². The van der Waals surface area contributed by atoms with E-state index in [1.54, 1.807) is 45.0 Å². The summed E-state index contributed by atoms with van der Waals surface area (Å²) in [6.45, 7) is 4.88. The standard InChI is InChI=1S/C17H24N2O5/c1-17(2,3)24-16(23)19(4)11-14(20)18-13(15(21)22)10-12-8-6-5-7-9-12/h5-9,13H,10-11H2,1-4H3,(H,18,20)(H,21,22)/t13-/m0/s1. The molecule has 0 radical (unpaired) electrons. The van der Waals surface area contributed by atoms with E-state index in [2.05, 4.69) is 5.32 Å². The Morgan fingerprint density at radius 2 is 1.79 bits per heavy atom. The smallest absolute Gasteiger partial charge is 0.410 e.